The van der Waals surface area contributed by atoms with Gasteiger partial charge < -0.3 is 0 Å². The Labute approximate surface area is 40.7 Å². The van der Waals surface area contributed by atoms with Crippen molar-refractivity contribution < 1.29 is 8.78 Å². The molecule has 1 aliphatic heterocycles. The van der Waals surface area contributed by atoms with Crippen LogP contribution in [0.3, 0.4) is 0 Å². The lowest BCUT2D eigenvalue weighted by Gasteiger charge is -2.04. The van der Waals surface area contributed by atoms with E-state index in [1.54, 1.807) is 0 Å². The molecule has 0 amide bonds. The summed E-state index contributed by atoms with van der Waals surface area (Å²) in [5.74, 6) is 0. The maximum Gasteiger partial charge on any atom is 0.302 e. The van der Waals surface area contributed by atoms with Gasteiger partial charge in [0, 0.05) is 13.0 Å². The fourth-order valence-electron chi connectivity index (χ4n) is 0.670. The van der Waals surface area contributed by atoms with Crippen LogP contribution in [0.4, 0.5) is 8.78 Å². The third-order valence-electron chi connectivity index (χ3n) is 1.05. The quantitative estimate of drug-likeness (QED) is 0.455. The van der Waals surface area contributed by atoms with Crippen LogP contribution in [0.2, 0.25) is 0 Å². The molecule has 0 saturated carbocycles. The second kappa shape index (κ2) is 1.40. The largest absolute Gasteiger partial charge is 0.302 e. The smallest absolute Gasteiger partial charge is 0.258 e. The standard InChI is InChI=1S/C4H7F2N/c5-4(6)2-1-3-7-4/h7H,1-3H2. The van der Waals surface area contributed by atoms with Gasteiger partial charge in [-0.25, -0.2) is 0 Å². The Hall–Kier alpha value is -0.180. The molecule has 0 aromatic heterocycles. The van der Waals surface area contributed by atoms with Crippen molar-refractivity contribution >= 4 is 0 Å². The Morgan fingerprint density at radius 3 is 2.29 bits per heavy atom. The minimum absolute atomic E-state index is 0.00694. The lowest BCUT2D eigenvalue weighted by molar-refractivity contribution is -0.0144. The van der Waals surface area contributed by atoms with Gasteiger partial charge in [-0.15, -0.1) is 0 Å². The van der Waals surface area contributed by atoms with Gasteiger partial charge in [0.25, 0.3) is 0 Å². The molecular weight excluding hydrogens is 100 g/mol. The van der Waals surface area contributed by atoms with Gasteiger partial charge >= 0.3 is 6.05 Å². The first kappa shape index (κ1) is 4.97. The lowest BCUT2D eigenvalue weighted by atomic mass is 10.4. The first-order valence-electron chi connectivity index (χ1n) is 2.34. The molecule has 1 rings (SSSR count). The Morgan fingerprint density at radius 1 is 1.43 bits per heavy atom. The van der Waals surface area contributed by atoms with Gasteiger partial charge in [0.15, 0.2) is 0 Å². The number of halogens is 2. The fraction of sp³-hybridized carbons (Fsp3) is 1.00. The van der Waals surface area contributed by atoms with E-state index in [-0.39, 0.29) is 6.42 Å². The Balaban J connectivity index is 2.40. The zero-order valence-corrected chi connectivity index (χ0v) is 3.88. The SMILES string of the molecule is FC1(F)CCCN1. The Morgan fingerprint density at radius 2 is 2.14 bits per heavy atom. The van der Waals surface area contributed by atoms with Crippen molar-refractivity contribution in [1.82, 2.24) is 5.32 Å². The van der Waals surface area contributed by atoms with E-state index >= 15 is 0 Å². The van der Waals surface area contributed by atoms with E-state index in [0.717, 1.165) is 0 Å². The highest BCUT2D eigenvalue weighted by atomic mass is 19.3. The molecule has 1 fully saturated rings. The summed E-state index contributed by atoms with van der Waals surface area (Å²) in [4.78, 5) is 0. The summed E-state index contributed by atoms with van der Waals surface area (Å²) in [6, 6.07) is -2.56. The summed E-state index contributed by atoms with van der Waals surface area (Å²) in [5.41, 5.74) is 0. The van der Waals surface area contributed by atoms with Crippen molar-refractivity contribution in [3.8, 4) is 0 Å². The third-order valence-corrected chi connectivity index (χ3v) is 1.05. The van der Waals surface area contributed by atoms with Gasteiger partial charge in [-0.3, -0.25) is 5.32 Å². The second-order valence-electron chi connectivity index (χ2n) is 1.73. The van der Waals surface area contributed by atoms with Crippen LogP contribution >= 0.6 is 0 Å². The molecule has 3 heteroatoms. The van der Waals surface area contributed by atoms with E-state index in [0.29, 0.717) is 13.0 Å². The highest BCUT2D eigenvalue weighted by Gasteiger charge is 2.31. The number of hydrogen-bond donors (Lipinski definition) is 1. The minimum Gasteiger partial charge on any atom is -0.258 e. The molecule has 1 N–H and O–H groups in total. The number of hydrogen-bond acceptors (Lipinski definition) is 1. The maximum absolute atomic E-state index is 11.8. The van der Waals surface area contributed by atoms with Crippen molar-refractivity contribution in [3.05, 3.63) is 0 Å². The minimum atomic E-state index is -2.56. The molecule has 1 heterocycles. The molecule has 0 aromatic rings. The molecule has 1 saturated heterocycles. The van der Waals surface area contributed by atoms with Crippen LogP contribution in [0.1, 0.15) is 12.8 Å². The van der Waals surface area contributed by atoms with Gasteiger partial charge in [0.2, 0.25) is 0 Å². The third kappa shape index (κ3) is 1.09. The van der Waals surface area contributed by atoms with Crippen molar-refractivity contribution in [1.29, 1.82) is 0 Å². The molecule has 42 valence electrons. The van der Waals surface area contributed by atoms with Crippen LogP contribution in [0.15, 0.2) is 0 Å². The summed E-state index contributed by atoms with van der Waals surface area (Å²) in [6.45, 7) is 0.465. The predicted octanol–water partition coefficient (Wildman–Crippen LogP) is 0.963. The normalized spacial score (nSPS) is 28.3. The predicted molar refractivity (Wildman–Crippen MR) is 22.2 cm³/mol. The van der Waals surface area contributed by atoms with Crippen LogP contribution in [-0.4, -0.2) is 12.6 Å². The zero-order chi connectivity index (χ0) is 5.33. The van der Waals surface area contributed by atoms with Crippen LogP contribution in [0.5, 0.6) is 0 Å². The van der Waals surface area contributed by atoms with Gasteiger partial charge in [-0.1, -0.05) is 0 Å². The van der Waals surface area contributed by atoms with Gasteiger partial charge in [0.1, 0.15) is 0 Å². The first-order valence-corrected chi connectivity index (χ1v) is 2.34. The van der Waals surface area contributed by atoms with Crippen LogP contribution in [-0.2, 0) is 0 Å². The van der Waals surface area contributed by atoms with Crippen molar-refractivity contribution in [2.24, 2.45) is 0 Å². The summed E-state index contributed by atoms with van der Waals surface area (Å²) in [5, 5.41) is 2.06. The molecule has 0 unspecified atom stereocenters. The average Bonchev–Trinajstić information content (AvgIpc) is 1.84. The van der Waals surface area contributed by atoms with Crippen molar-refractivity contribution in [3.63, 3.8) is 0 Å². The average molecular weight is 107 g/mol. The van der Waals surface area contributed by atoms with E-state index in [1.807, 2.05) is 0 Å². The van der Waals surface area contributed by atoms with Crippen molar-refractivity contribution in [2.45, 2.75) is 18.9 Å². The molecule has 0 bridgehead atoms. The summed E-state index contributed by atoms with van der Waals surface area (Å²) < 4.78 is 23.7. The van der Waals surface area contributed by atoms with Crippen LogP contribution in [0, 0.1) is 0 Å². The molecule has 0 atom stereocenters. The number of rotatable bonds is 0. The van der Waals surface area contributed by atoms with E-state index in [4.69, 9.17) is 0 Å². The van der Waals surface area contributed by atoms with E-state index in [2.05, 4.69) is 5.32 Å². The summed E-state index contributed by atoms with van der Waals surface area (Å²) in [6.07, 6.45) is 0.611. The maximum atomic E-state index is 11.8. The Kier molecular flexibility index (Phi) is 0.995. The van der Waals surface area contributed by atoms with E-state index in [1.165, 1.54) is 0 Å². The summed E-state index contributed by atoms with van der Waals surface area (Å²) >= 11 is 0. The first-order chi connectivity index (χ1) is 3.21. The highest BCUT2D eigenvalue weighted by Crippen LogP contribution is 2.20. The van der Waals surface area contributed by atoms with Gasteiger partial charge in [0.05, 0.1) is 0 Å². The molecule has 0 radical (unpaired) electrons. The Bertz CT molecular complexity index is 64.1. The van der Waals surface area contributed by atoms with Crippen LogP contribution in [0.25, 0.3) is 0 Å². The van der Waals surface area contributed by atoms with Crippen LogP contribution < -0.4 is 5.32 Å². The fourth-order valence-corrected chi connectivity index (χ4v) is 0.670. The molecule has 1 aliphatic rings. The molecule has 0 aliphatic carbocycles. The van der Waals surface area contributed by atoms with E-state index < -0.39 is 6.05 Å². The highest BCUT2D eigenvalue weighted by molar-refractivity contribution is 4.70. The number of alkyl halides is 2. The van der Waals surface area contributed by atoms with Crippen molar-refractivity contribution in [2.75, 3.05) is 6.54 Å². The van der Waals surface area contributed by atoms with E-state index in [9.17, 15) is 8.78 Å². The molecule has 0 spiro atoms. The number of nitrogens with one attached hydrogen (secondary N) is 1. The van der Waals surface area contributed by atoms with Gasteiger partial charge in [-0.05, 0) is 6.42 Å². The lowest BCUT2D eigenvalue weighted by Crippen LogP contribution is -2.28. The monoisotopic (exact) mass is 107 g/mol. The molecule has 7 heavy (non-hydrogen) atoms. The molecule has 1 nitrogen and oxygen atoms in total. The zero-order valence-electron chi connectivity index (χ0n) is 3.88. The van der Waals surface area contributed by atoms with Gasteiger partial charge in [-0.2, -0.15) is 8.78 Å². The second-order valence-corrected chi connectivity index (χ2v) is 1.73. The summed E-state index contributed by atoms with van der Waals surface area (Å²) in [7, 11) is 0. The molecule has 0 aromatic carbocycles. The molecular formula is C4H7F2N. The topological polar surface area (TPSA) is 12.0 Å².